The van der Waals surface area contributed by atoms with E-state index in [2.05, 4.69) is 20.9 Å². The monoisotopic (exact) mass is 318 g/mol. The Morgan fingerprint density at radius 2 is 2.11 bits per heavy atom. The standard InChI is InChI=1S/C14H11BrN2O2/c15-13-6-10(8-18)1-2-14(13)19-9-11-3-4-17-12(5-11)7-16/h1-6,18H,8-9H2. The summed E-state index contributed by atoms with van der Waals surface area (Å²) in [5.41, 5.74) is 2.07. The molecule has 19 heavy (non-hydrogen) atoms. The predicted molar refractivity (Wildman–Crippen MR) is 73.3 cm³/mol. The predicted octanol–water partition coefficient (Wildman–Crippen LogP) is 2.79. The minimum Gasteiger partial charge on any atom is -0.488 e. The Labute approximate surface area is 119 Å². The van der Waals surface area contributed by atoms with Gasteiger partial charge in [-0.05, 0) is 51.3 Å². The van der Waals surface area contributed by atoms with Crippen molar-refractivity contribution >= 4 is 15.9 Å². The molecule has 2 rings (SSSR count). The van der Waals surface area contributed by atoms with Crippen molar-refractivity contribution in [1.82, 2.24) is 4.98 Å². The van der Waals surface area contributed by atoms with E-state index >= 15 is 0 Å². The van der Waals surface area contributed by atoms with Crippen LogP contribution in [0, 0.1) is 11.3 Å². The zero-order valence-corrected chi connectivity index (χ0v) is 11.6. The number of rotatable bonds is 4. The van der Waals surface area contributed by atoms with Gasteiger partial charge in [0.05, 0.1) is 11.1 Å². The molecule has 1 aromatic carbocycles. The lowest BCUT2D eigenvalue weighted by Gasteiger charge is -2.09. The summed E-state index contributed by atoms with van der Waals surface area (Å²) < 4.78 is 6.44. The lowest BCUT2D eigenvalue weighted by atomic mass is 10.2. The molecule has 1 aromatic heterocycles. The molecule has 0 radical (unpaired) electrons. The summed E-state index contributed by atoms with van der Waals surface area (Å²) in [5.74, 6) is 0.688. The molecule has 0 bridgehead atoms. The van der Waals surface area contributed by atoms with Crippen LogP contribution < -0.4 is 4.74 Å². The number of halogens is 1. The molecule has 0 aliphatic heterocycles. The first-order chi connectivity index (χ1) is 9.22. The minimum absolute atomic E-state index is 0.00519. The summed E-state index contributed by atoms with van der Waals surface area (Å²) in [5, 5.41) is 17.8. The van der Waals surface area contributed by atoms with Crippen LogP contribution in [0.15, 0.2) is 41.0 Å². The highest BCUT2D eigenvalue weighted by Crippen LogP contribution is 2.26. The van der Waals surface area contributed by atoms with Gasteiger partial charge in [-0.1, -0.05) is 6.07 Å². The molecule has 0 fully saturated rings. The molecule has 2 aromatic rings. The summed E-state index contributed by atoms with van der Waals surface area (Å²) in [4.78, 5) is 3.90. The molecule has 1 heterocycles. The van der Waals surface area contributed by atoms with Gasteiger partial charge in [-0.25, -0.2) is 4.98 Å². The highest BCUT2D eigenvalue weighted by Gasteiger charge is 2.03. The van der Waals surface area contributed by atoms with Crippen LogP contribution in [0.4, 0.5) is 0 Å². The molecule has 96 valence electrons. The Morgan fingerprint density at radius 1 is 1.26 bits per heavy atom. The van der Waals surface area contributed by atoms with Crippen LogP contribution in [0.1, 0.15) is 16.8 Å². The van der Waals surface area contributed by atoms with Gasteiger partial charge in [-0.2, -0.15) is 5.26 Å². The molecule has 4 nitrogen and oxygen atoms in total. The number of benzene rings is 1. The average Bonchev–Trinajstić information content (AvgIpc) is 2.46. The number of nitriles is 1. The zero-order valence-electron chi connectivity index (χ0n) is 10.0. The summed E-state index contributed by atoms with van der Waals surface area (Å²) in [7, 11) is 0. The Hall–Kier alpha value is -1.90. The van der Waals surface area contributed by atoms with Gasteiger partial charge in [0.1, 0.15) is 24.1 Å². The molecule has 5 heteroatoms. The first kappa shape index (κ1) is 13.5. The Morgan fingerprint density at radius 3 is 2.79 bits per heavy atom. The van der Waals surface area contributed by atoms with Gasteiger partial charge in [0, 0.05) is 6.20 Å². The molecule has 0 unspecified atom stereocenters. The van der Waals surface area contributed by atoms with Crippen molar-refractivity contribution in [3.05, 3.63) is 57.8 Å². The average molecular weight is 319 g/mol. The molecule has 0 aliphatic rings. The van der Waals surface area contributed by atoms with Crippen LogP contribution >= 0.6 is 15.9 Å². The van der Waals surface area contributed by atoms with E-state index in [1.807, 2.05) is 12.1 Å². The third kappa shape index (κ3) is 3.53. The van der Waals surface area contributed by atoms with Crippen LogP contribution in [0.3, 0.4) is 0 Å². The number of nitrogens with zero attached hydrogens (tertiary/aromatic N) is 2. The Bertz CT molecular complexity index is 623. The summed E-state index contributed by atoms with van der Waals surface area (Å²) in [6, 6.07) is 10.9. The minimum atomic E-state index is -0.00519. The maximum atomic E-state index is 9.02. The number of pyridine rings is 1. The van der Waals surface area contributed by atoms with Crippen molar-refractivity contribution in [2.75, 3.05) is 0 Å². The highest BCUT2D eigenvalue weighted by atomic mass is 79.9. The maximum Gasteiger partial charge on any atom is 0.140 e. The van der Waals surface area contributed by atoms with Crippen molar-refractivity contribution in [1.29, 1.82) is 5.26 Å². The van der Waals surface area contributed by atoms with Crippen LogP contribution in [-0.4, -0.2) is 10.1 Å². The van der Waals surface area contributed by atoms with E-state index < -0.39 is 0 Å². The summed E-state index contributed by atoms with van der Waals surface area (Å²) in [6.45, 7) is 0.350. The smallest absolute Gasteiger partial charge is 0.140 e. The van der Waals surface area contributed by atoms with Gasteiger partial charge < -0.3 is 9.84 Å². The fraction of sp³-hybridized carbons (Fsp3) is 0.143. The van der Waals surface area contributed by atoms with E-state index in [4.69, 9.17) is 15.1 Å². The zero-order chi connectivity index (χ0) is 13.7. The number of aromatic nitrogens is 1. The van der Waals surface area contributed by atoms with Crippen molar-refractivity contribution in [3.63, 3.8) is 0 Å². The number of aliphatic hydroxyl groups excluding tert-OH is 1. The normalized spacial score (nSPS) is 9.95. The van der Waals surface area contributed by atoms with Gasteiger partial charge >= 0.3 is 0 Å². The quantitative estimate of drug-likeness (QED) is 0.941. The van der Waals surface area contributed by atoms with Gasteiger partial charge in [0.25, 0.3) is 0 Å². The first-order valence-electron chi connectivity index (χ1n) is 5.60. The highest BCUT2D eigenvalue weighted by molar-refractivity contribution is 9.10. The molecule has 0 aliphatic carbocycles. The molecule has 0 saturated heterocycles. The van der Waals surface area contributed by atoms with Crippen molar-refractivity contribution in [2.45, 2.75) is 13.2 Å². The molecular formula is C14H11BrN2O2. The first-order valence-corrected chi connectivity index (χ1v) is 6.39. The second-order valence-electron chi connectivity index (χ2n) is 3.87. The maximum absolute atomic E-state index is 9.02. The van der Waals surface area contributed by atoms with E-state index in [9.17, 15) is 0 Å². The van der Waals surface area contributed by atoms with E-state index in [1.165, 1.54) is 0 Å². The number of hydrogen-bond donors (Lipinski definition) is 1. The third-order valence-corrected chi connectivity index (χ3v) is 3.13. The van der Waals surface area contributed by atoms with Gasteiger partial charge in [0.2, 0.25) is 0 Å². The molecular weight excluding hydrogens is 308 g/mol. The van der Waals surface area contributed by atoms with E-state index in [1.54, 1.807) is 30.5 Å². The fourth-order valence-corrected chi connectivity index (χ4v) is 2.09. The second-order valence-corrected chi connectivity index (χ2v) is 4.73. The summed E-state index contributed by atoms with van der Waals surface area (Å²) >= 11 is 3.39. The van der Waals surface area contributed by atoms with E-state index in [0.717, 1.165) is 15.6 Å². The van der Waals surface area contributed by atoms with Gasteiger partial charge in [-0.3, -0.25) is 0 Å². The number of hydrogen-bond acceptors (Lipinski definition) is 4. The Balaban J connectivity index is 2.08. The van der Waals surface area contributed by atoms with Gasteiger partial charge in [0.15, 0.2) is 0 Å². The lowest BCUT2D eigenvalue weighted by molar-refractivity contribution is 0.280. The molecule has 0 amide bonds. The lowest BCUT2D eigenvalue weighted by Crippen LogP contribution is -1.98. The molecule has 1 N–H and O–H groups in total. The largest absolute Gasteiger partial charge is 0.488 e. The van der Waals surface area contributed by atoms with Crippen LogP contribution in [0.25, 0.3) is 0 Å². The van der Waals surface area contributed by atoms with E-state index in [-0.39, 0.29) is 6.61 Å². The SMILES string of the molecule is N#Cc1cc(COc2ccc(CO)cc2Br)ccn1. The number of ether oxygens (including phenoxy) is 1. The van der Waals surface area contributed by atoms with Crippen molar-refractivity contribution in [2.24, 2.45) is 0 Å². The Kier molecular flexibility index (Phi) is 4.50. The molecule has 0 atom stereocenters. The van der Waals surface area contributed by atoms with Crippen LogP contribution in [0.2, 0.25) is 0 Å². The van der Waals surface area contributed by atoms with Crippen LogP contribution in [-0.2, 0) is 13.2 Å². The summed E-state index contributed by atoms with van der Waals surface area (Å²) in [6.07, 6.45) is 1.58. The molecule has 0 saturated carbocycles. The molecule has 0 spiro atoms. The number of aliphatic hydroxyl groups is 1. The third-order valence-electron chi connectivity index (χ3n) is 2.51. The van der Waals surface area contributed by atoms with E-state index in [0.29, 0.717) is 18.1 Å². The van der Waals surface area contributed by atoms with Crippen LogP contribution in [0.5, 0.6) is 5.75 Å². The van der Waals surface area contributed by atoms with Crippen molar-refractivity contribution < 1.29 is 9.84 Å². The second kappa shape index (κ2) is 6.32. The topological polar surface area (TPSA) is 66.1 Å². The fourth-order valence-electron chi connectivity index (χ4n) is 1.55. The van der Waals surface area contributed by atoms with Gasteiger partial charge in [-0.15, -0.1) is 0 Å². The van der Waals surface area contributed by atoms with Crippen molar-refractivity contribution in [3.8, 4) is 11.8 Å².